The monoisotopic (exact) mass is 483 g/mol. The van der Waals surface area contributed by atoms with Crippen LogP contribution in [0.2, 0.25) is 0 Å². The Hall–Kier alpha value is -1.43. The van der Waals surface area contributed by atoms with Gasteiger partial charge in [-0.15, -0.1) is 11.3 Å². The van der Waals surface area contributed by atoms with Gasteiger partial charge in [0.2, 0.25) is 15.9 Å². The van der Waals surface area contributed by atoms with Crippen LogP contribution < -0.4 is 10.0 Å². The van der Waals surface area contributed by atoms with E-state index in [0.29, 0.717) is 31.9 Å². The molecule has 1 amide bonds. The van der Waals surface area contributed by atoms with Gasteiger partial charge in [-0.1, -0.05) is 24.3 Å². The highest BCUT2D eigenvalue weighted by molar-refractivity contribution is 7.98. The van der Waals surface area contributed by atoms with Crippen molar-refractivity contribution in [2.45, 2.75) is 23.4 Å². The maximum atomic E-state index is 13.0. The minimum atomic E-state index is -3.78. The molecule has 7 nitrogen and oxygen atoms in total. The summed E-state index contributed by atoms with van der Waals surface area (Å²) in [6.07, 6.45) is 2.35. The van der Waals surface area contributed by atoms with Crippen LogP contribution in [0, 0.1) is 0 Å². The standard InChI is InChI=1S/C21H29N3O4S3/c1-29-15-9-18(23-31(26,27)17-6-3-2-4-7-17)21(25)22-16-19(20-8-5-14-30-20)24-10-12-28-13-11-24/h2-8,14,18-19,23H,9-13,15-16H2,1H3,(H,22,25). The largest absolute Gasteiger partial charge is 0.379 e. The number of morpholine rings is 1. The minimum absolute atomic E-state index is 0.0415. The number of hydrogen-bond donors (Lipinski definition) is 2. The molecule has 0 radical (unpaired) electrons. The molecule has 10 heteroatoms. The van der Waals surface area contributed by atoms with E-state index in [0.717, 1.165) is 13.1 Å². The Bertz CT molecular complexity index is 901. The summed E-state index contributed by atoms with van der Waals surface area (Å²) in [5.41, 5.74) is 0. The van der Waals surface area contributed by atoms with Crippen LogP contribution in [-0.4, -0.2) is 70.1 Å². The summed E-state index contributed by atoms with van der Waals surface area (Å²) in [4.78, 5) is 16.7. The van der Waals surface area contributed by atoms with Crippen LogP contribution >= 0.6 is 23.1 Å². The van der Waals surface area contributed by atoms with Gasteiger partial charge in [-0.25, -0.2) is 8.42 Å². The first-order valence-electron chi connectivity index (χ1n) is 10.2. The van der Waals surface area contributed by atoms with Crippen molar-refractivity contribution in [3.05, 3.63) is 52.7 Å². The number of nitrogens with zero attached hydrogens (tertiary/aromatic N) is 1. The number of carbonyl (C=O) groups is 1. The molecule has 2 N–H and O–H groups in total. The first-order valence-corrected chi connectivity index (χ1v) is 14.0. The molecule has 0 aliphatic carbocycles. The molecule has 1 aromatic carbocycles. The number of ether oxygens (including phenoxy) is 1. The summed E-state index contributed by atoms with van der Waals surface area (Å²) in [5.74, 6) is 0.371. The third kappa shape index (κ3) is 7.03. The van der Waals surface area contributed by atoms with Crippen LogP contribution in [-0.2, 0) is 19.6 Å². The minimum Gasteiger partial charge on any atom is -0.379 e. The van der Waals surface area contributed by atoms with Gasteiger partial charge >= 0.3 is 0 Å². The number of hydrogen-bond acceptors (Lipinski definition) is 7. The average Bonchev–Trinajstić information content (AvgIpc) is 3.32. The maximum absolute atomic E-state index is 13.0. The number of nitrogens with one attached hydrogen (secondary N) is 2. The number of benzene rings is 1. The van der Waals surface area contributed by atoms with Crippen molar-refractivity contribution in [2.24, 2.45) is 0 Å². The van der Waals surface area contributed by atoms with Gasteiger partial charge in [0.05, 0.1) is 24.2 Å². The Balaban J connectivity index is 1.69. The molecule has 3 rings (SSSR count). The molecule has 2 aromatic rings. The number of thioether (sulfide) groups is 1. The summed E-state index contributed by atoms with van der Waals surface area (Å²) < 4.78 is 33.6. The fourth-order valence-electron chi connectivity index (χ4n) is 3.43. The summed E-state index contributed by atoms with van der Waals surface area (Å²) in [6, 6.07) is 11.4. The van der Waals surface area contributed by atoms with Gasteiger partial charge in [0.1, 0.15) is 6.04 Å². The second-order valence-corrected chi connectivity index (χ2v) is 10.9. The van der Waals surface area contributed by atoms with Crippen LogP contribution in [0.1, 0.15) is 17.3 Å². The van der Waals surface area contributed by atoms with E-state index in [1.807, 2.05) is 17.7 Å². The Morgan fingerprint density at radius 3 is 2.58 bits per heavy atom. The van der Waals surface area contributed by atoms with Crippen LogP contribution in [0.4, 0.5) is 0 Å². The number of rotatable bonds is 11. The summed E-state index contributed by atoms with van der Waals surface area (Å²) in [7, 11) is -3.78. The van der Waals surface area contributed by atoms with Gasteiger partial charge in [-0.2, -0.15) is 16.5 Å². The van der Waals surface area contributed by atoms with Gasteiger partial charge in [0, 0.05) is 24.5 Å². The van der Waals surface area contributed by atoms with E-state index < -0.39 is 16.1 Å². The highest BCUT2D eigenvalue weighted by Gasteiger charge is 2.28. The molecule has 1 aliphatic heterocycles. The van der Waals surface area contributed by atoms with E-state index in [1.165, 1.54) is 17.0 Å². The number of carbonyl (C=O) groups excluding carboxylic acids is 1. The number of amides is 1. The lowest BCUT2D eigenvalue weighted by Crippen LogP contribution is -2.50. The second-order valence-electron chi connectivity index (χ2n) is 7.19. The highest BCUT2D eigenvalue weighted by atomic mass is 32.2. The lowest BCUT2D eigenvalue weighted by atomic mass is 10.1. The molecular weight excluding hydrogens is 454 g/mol. The van der Waals surface area contributed by atoms with Gasteiger partial charge in [0.15, 0.2) is 0 Å². The summed E-state index contributed by atoms with van der Waals surface area (Å²) >= 11 is 3.24. The van der Waals surface area contributed by atoms with Gasteiger partial charge in [-0.05, 0) is 42.0 Å². The smallest absolute Gasteiger partial charge is 0.241 e. The number of sulfonamides is 1. The van der Waals surface area contributed by atoms with Crippen molar-refractivity contribution in [2.75, 3.05) is 44.9 Å². The predicted octanol–water partition coefficient (Wildman–Crippen LogP) is 2.34. The van der Waals surface area contributed by atoms with E-state index in [2.05, 4.69) is 21.0 Å². The quantitative estimate of drug-likeness (QED) is 0.510. The average molecular weight is 484 g/mol. The van der Waals surface area contributed by atoms with Crippen LogP contribution in [0.5, 0.6) is 0 Å². The van der Waals surface area contributed by atoms with Crippen molar-refractivity contribution in [3.63, 3.8) is 0 Å². The molecule has 2 atom stereocenters. The molecule has 1 saturated heterocycles. The first kappa shape index (κ1) is 24.2. The van der Waals surface area contributed by atoms with Crippen molar-refractivity contribution >= 4 is 39.0 Å². The third-order valence-corrected chi connectivity index (χ3v) is 8.21. The second kappa shape index (κ2) is 12.0. The molecule has 0 saturated carbocycles. The lowest BCUT2D eigenvalue weighted by Gasteiger charge is -2.34. The Morgan fingerprint density at radius 2 is 1.94 bits per heavy atom. The molecule has 170 valence electrons. The first-order chi connectivity index (χ1) is 15.0. The third-order valence-electron chi connectivity index (χ3n) is 5.11. The Kier molecular flexibility index (Phi) is 9.36. The van der Waals surface area contributed by atoms with E-state index in [1.54, 1.807) is 41.3 Å². The van der Waals surface area contributed by atoms with Crippen LogP contribution in [0.15, 0.2) is 52.7 Å². The molecule has 31 heavy (non-hydrogen) atoms. The Morgan fingerprint density at radius 1 is 1.19 bits per heavy atom. The van der Waals surface area contributed by atoms with Gasteiger partial charge in [0.25, 0.3) is 0 Å². The van der Waals surface area contributed by atoms with E-state index in [-0.39, 0.29) is 16.8 Å². The molecule has 0 spiro atoms. The zero-order chi connectivity index (χ0) is 22.1. The lowest BCUT2D eigenvalue weighted by molar-refractivity contribution is -0.123. The van der Waals surface area contributed by atoms with E-state index in [4.69, 9.17) is 4.74 Å². The van der Waals surface area contributed by atoms with Crippen molar-refractivity contribution < 1.29 is 17.9 Å². The molecule has 2 heterocycles. The van der Waals surface area contributed by atoms with E-state index in [9.17, 15) is 13.2 Å². The van der Waals surface area contributed by atoms with Crippen molar-refractivity contribution in [1.82, 2.24) is 14.9 Å². The van der Waals surface area contributed by atoms with E-state index >= 15 is 0 Å². The Labute approximate surface area is 192 Å². The highest BCUT2D eigenvalue weighted by Crippen LogP contribution is 2.25. The van der Waals surface area contributed by atoms with Crippen molar-refractivity contribution in [1.29, 1.82) is 0 Å². The summed E-state index contributed by atoms with van der Waals surface area (Å²) in [5, 5.41) is 5.03. The SMILES string of the molecule is CSCCC(NS(=O)(=O)c1ccccc1)C(=O)NCC(c1cccs1)N1CCOCC1. The zero-order valence-corrected chi connectivity index (χ0v) is 20.0. The molecule has 1 aliphatic rings. The molecule has 1 fully saturated rings. The fourth-order valence-corrected chi connectivity index (χ4v) is 6.02. The summed E-state index contributed by atoms with van der Waals surface area (Å²) in [6.45, 7) is 3.36. The fraction of sp³-hybridized carbons (Fsp3) is 0.476. The molecular formula is C21H29N3O4S3. The predicted molar refractivity (Wildman–Crippen MR) is 126 cm³/mol. The normalized spacial score (nSPS) is 17.2. The topological polar surface area (TPSA) is 87.7 Å². The van der Waals surface area contributed by atoms with Crippen LogP contribution in [0.3, 0.4) is 0 Å². The van der Waals surface area contributed by atoms with Gasteiger partial charge < -0.3 is 10.1 Å². The number of thiophene rings is 1. The van der Waals surface area contributed by atoms with Crippen LogP contribution in [0.25, 0.3) is 0 Å². The molecule has 2 unspecified atom stereocenters. The van der Waals surface area contributed by atoms with Gasteiger partial charge in [-0.3, -0.25) is 9.69 Å². The molecule has 0 bridgehead atoms. The zero-order valence-electron chi connectivity index (χ0n) is 17.5. The van der Waals surface area contributed by atoms with Crippen molar-refractivity contribution in [3.8, 4) is 0 Å². The maximum Gasteiger partial charge on any atom is 0.241 e. The molecule has 1 aromatic heterocycles.